The molecule has 1 heterocycles. The molecule has 0 fully saturated rings. The molecule has 2 aromatic carbocycles. The van der Waals surface area contributed by atoms with Crippen LogP contribution in [-0.4, -0.2) is 28.3 Å². The Hall–Kier alpha value is -3.39. The number of aromatic nitrogens is 2. The number of esters is 1. The molecule has 0 saturated carbocycles. The Kier molecular flexibility index (Phi) is 5.68. The van der Waals surface area contributed by atoms with Gasteiger partial charge in [0.2, 0.25) is 5.89 Å². The molecule has 0 spiro atoms. The molecule has 1 N–H and O–H groups in total. The first-order valence-electron chi connectivity index (χ1n) is 7.86. The molecule has 0 radical (unpaired) electrons. The van der Waals surface area contributed by atoms with Gasteiger partial charge in [-0.25, -0.2) is 4.79 Å². The van der Waals surface area contributed by atoms with Crippen LogP contribution in [0.5, 0.6) is 0 Å². The molecular formula is C18H14ClN3O5. The molecule has 0 aliphatic heterocycles. The van der Waals surface area contributed by atoms with E-state index in [1.54, 1.807) is 48.5 Å². The van der Waals surface area contributed by atoms with Crippen molar-refractivity contribution < 1.29 is 18.7 Å². The molecule has 0 unspecified atom stereocenters. The number of hydrogen-bond donors (Lipinski definition) is 1. The van der Waals surface area contributed by atoms with E-state index in [-0.39, 0.29) is 5.89 Å². The van der Waals surface area contributed by atoms with Crippen LogP contribution in [0.2, 0.25) is 5.02 Å². The summed E-state index contributed by atoms with van der Waals surface area (Å²) in [4.78, 5) is 35.5. The van der Waals surface area contributed by atoms with Crippen molar-refractivity contribution in [2.45, 2.75) is 6.54 Å². The molecule has 1 aromatic heterocycles. The van der Waals surface area contributed by atoms with Gasteiger partial charge < -0.3 is 14.5 Å². The van der Waals surface area contributed by atoms with Crippen molar-refractivity contribution in [3.8, 4) is 11.5 Å². The van der Waals surface area contributed by atoms with Crippen molar-refractivity contribution in [1.82, 2.24) is 9.78 Å². The van der Waals surface area contributed by atoms with Crippen LogP contribution in [0.3, 0.4) is 0 Å². The van der Waals surface area contributed by atoms with Crippen molar-refractivity contribution in [2.75, 3.05) is 11.9 Å². The normalized spacial score (nSPS) is 10.4. The molecule has 3 rings (SSSR count). The van der Waals surface area contributed by atoms with Crippen LogP contribution in [0.25, 0.3) is 11.5 Å². The maximum Gasteiger partial charge on any atom is 0.437 e. The van der Waals surface area contributed by atoms with Gasteiger partial charge in [-0.2, -0.15) is 4.68 Å². The second-order valence-corrected chi connectivity index (χ2v) is 5.79. The van der Waals surface area contributed by atoms with E-state index in [1.165, 1.54) is 0 Å². The first-order valence-corrected chi connectivity index (χ1v) is 8.24. The van der Waals surface area contributed by atoms with Crippen LogP contribution in [0.15, 0.2) is 63.8 Å². The zero-order valence-electron chi connectivity index (χ0n) is 13.9. The number of benzene rings is 2. The molecule has 0 bridgehead atoms. The Labute approximate surface area is 158 Å². The van der Waals surface area contributed by atoms with E-state index in [2.05, 4.69) is 10.4 Å². The molecule has 1 amide bonds. The summed E-state index contributed by atoms with van der Waals surface area (Å²) in [6, 6.07) is 15.4. The molecule has 3 aromatic rings. The van der Waals surface area contributed by atoms with E-state index < -0.39 is 30.8 Å². The van der Waals surface area contributed by atoms with Crippen LogP contribution in [0.4, 0.5) is 5.69 Å². The fourth-order valence-corrected chi connectivity index (χ4v) is 2.35. The number of carbonyl (C=O) groups excluding carboxylic acids is 2. The number of hydrogen-bond acceptors (Lipinski definition) is 6. The average molecular weight is 388 g/mol. The summed E-state index contributed by atoms with van der Waals surface area (Å²) in [5, 5.41) is 6.82. The molecule has 0 aliphatic carbocycles. The molecule has 9 heteroatoms. The van der Waals surface area contributed by atoms with Gasteiger partial charge >= 0.3 is 11.7 Å². The summed E-state index contributed by atoms with van der Waals surface area (Å²) in [7, 11) is 0. The number of nitrogens with zero attached hydrogens (tertiary/aromatic N) is 2. The van der Waals surface area contributed by atoms with E-state index in [1.807, 2.05) is 6.07 Å². The average Bonchev–Trinajstić information content (AvgIpc) is 3.03. The third kappa shape index (κ3) is 4.83. The van der Waals surface area contributed by atoms with E-state index in [0.717, 1.165) is 4.68 Å². The Bertz CT molecular complexity index is 1010. The molecule has 27 heavy (non-hydrogen) atoms. The highest BCUT2D eigenvalue weighted by Gasteiger charge is 2.15. The predicted octanol–water partition coefficient (Wildman–Crippen LogP) is 2.34. The van der Waals surface area contributed by atoms with Gasteiger partial charge in [-0.15, -0.1) is 5.10 Å². The van der Waals surface area contributed by atoms with Gasteiger partial charge in [-0.1, -0.05) is 41.9 Å². The fraction of sp³-hybridized carbons (Fsp3) is 0.111. The first kappa shape index (κ1) is 18.4. The van der Waals surface area contributed by atoms with E-state index >= 15 is 0 Å². The summed E-state index contributed by atoms with van der Waals surface area (Å²) in [6.07, 6.45) is 0. The topological polar surface area (TPSA) is 103 Å². The van der Waals surface area contributed by atoms with Gasteiger partial charge in [-0.05, 0) is 24.3 Å². The van der Waals surface area contributed by atoms with Gasteiger partial charge in [0.1, 0.15) is 6.54 Å². The molecule has 0 atom stereocenters. The van der Waals surface area contributed by atoms with Crippen molar-refractivity contribution in [2.24, 2.45) is 0 Å². The van der Waals surface area contributed by atoms with E-state index in [0.29, 0.717) is 16.3 Å². The first-order chi connectivity index (χ1) is 13.0. The lowest BCUT2D eigenvalue weighted by Gasteiger charge is -2.07. The van der Waals surface area contributed by atoms with Crippen molar-refractivity contribution in [3.63, 3.8) is 0 Å². The summed E-state index contributed by atoms with van der Waals surface area (Å²) >= 11 is 5.93. The Morgan fingerprint density at radius 2 is 1.81 bits per heavy atom. The highest BCUT2D eigenvalue weighted by molar-refractivity contribution is 6.33. The lowest BCUT2D eigenvalue weighted by molar-refractivity contribution is -0.148. The summed E-state index contributed by atoms with van der Waals surface area (Å²) < 4.78 is 10.7. The predicted molar refractivity (Wildman–Crippen MR) is 97.2 cm³/mol. The molecule has 0 aliphatic rings. The number of anilines is 1. The van der Waals surface area contributed by atoms with Crippen LogP contribution in [-0.2, 0) is 20.9 Å². The fourth-order valence-electron chi connectivity index (χ4n) is 2.17. The highest BCUT2D eigenvalue weighted by atomic mass is 35.5. The quantitative estimate of drug-likeness (QED) is 0.651. The second-order valence-electron chi connectivity index (χ2n) is 5.39. The summed E-state index contributed by atoms with van der Waals surface area (Å²) in [5.41, 5.74) is 1.00. The number of amides is 1. The van der Waals surface area contributed by atoms with Gasteiger partial charge in [0.15, 0.2) is 6.61 Å². The Morgan fingerprint density at radius 1 is 1.11 bits per heavy atom. The second kappa shape index (κ2) is 8.33. The van der Waals surface area contributed by atoms with E-state index in [4.69, 9.17) is 20.8 Å². The number of carbonyl (C=O) groups is 2. The van der Waals surface area contributed by atoms with Gasteiger partial charge in [0.25, 0.3) is 5.91 Å². The summed E-state index contributed by atoms with van der Waals surface area (Å²) in [5.74, 6) is -2.08. The summed E-state index contributed by atoms with van der Waals surface area (Å²) in [6.45, 7) is -1.00. The lowest BCUT2D eigenvalue weighted by atomic mass is 10.2. The third-order valence-corrected chi connectivity index (χ3v) is 3.75. The monoisotopic (exact) mass is 387 g/mol. The van der Waals surface area contributed by atoms with Crippen LogP contribution in [0.1, 0.15) is 0 Å². The number of para-hydroxylation sites is 1. The molecule has 138 valence electrons. The van der Waals surface area contributed by atoms with Crippen molar-refractivity contribution >= 4 is 29.2 Å². The maximum atomic E-state index is 11.9. The minimum absolute atomic E-state index is 0.0878. The number of nitrogens with one attached hydrogen (secondary N) is 1. The standard InChI is InChI=1S/C18H14ClN3O5/c19-13-8-4-5-9-14(13)20-15(23)11-26-16(24)10-22-18(25)27-17(21-22)12-6-2-1-3-7-12/h1-9H,10-11H2,(H,20,23). The molecule has 8 nitrogen and oxygen atoms in total. The highest BCUT2D eigenvalue weighted by Crippen LogP contribution is 2.20. The van der Waals surface area contributed by atoms with Gasteiger partial charge in [-0.3, -0.25) is 9.59 Å². The van der Waals surface area contributed by atoms with Gasteiger partial charge in [0, 0.05) is 5.56 Å². The van der Waals surface area contributed by atoms with E-state index in [9.17, 15) is 14.4 Å². The largest absolute Gasteiger partial charge is 0.454 e. The van der Waals surface area contributed by atoms with Crippen molar-refractivity contribution in [1.29, 1.82) is 0 Å². The lowest BCUT2D eigenvalue weighted by Crippen LogP contribution is -2.26. The maximum absolute atomic E-state index is 11.9. The minimum Gasteiger partial charge on any atom is -0.454 e. The number of rotatable bonds is 6. The zero-order chi connectivity index (χ0) is 19.2. The zero-order valence-corrected chi connectivity index (χ0v) is 14.7. The molecule has 0 saturated heterocycles. The van der Waals surface area contributed by atoms with Crippen molar-refractivity contribution in [3.05, 3.63) is 70.2 Å². The van der Waals surface area contributed by atoms with Crippen LogP contribution >= 0.6 is 11.6 Å². The Balaban J connectivity index is 1.55. The van der Waals surface area contributed by atoms with Crippen LogP contribution < -0.4 is 11.1 Å². The third-order valence-electron chi connectivity index (χ3n) is 3.42. The number of halogens is 1. The van der Waals surface area contributed by atoms with Crippen LogP contribution in [0, 0.1) is 0 Å². The smallest absolute Gasteiger partial charge is 0.437 e. The number of ether oxygens (including phenoxy) is 1. The SMILES string of the molecule is O=C(COC(=O)Cn1nc(-c2ccccc2)oc1=O)Nc1ccccc1Cl. The van der Waals surface area contributed by atoms with Gasteiger partial charge in [0.05, 0.1) is 10.7 Å². The minimum atomic E-state index is -0.806. The molecular weight excluding hydrogens is 374 g/mol. The Morgan fingerprint density at radius 3 is 2.56 bits per heavy atom.